The molecule has 5 heteroatoms. The molecule has 1 aliphatic rings. The maximum absolute atomic E-state index is 13.2. The molecule has 0 fully saturated rings. The second kappa shape index (κ2) is 9.76. The van der Waals surface area contributed by atoms with Gasteiger partial charge in [-0.15, -0.1) is 0 Å². The van der Waals surface area contributed by atoms with E-state index < -0.39 is 5.63 Å². The number of carbonyl (C=O) groups excluding carboxylic acids is 1. The van der Waals surface area contributed by atoms with E-state index in [9.17, 15) is 14.7 Å². The van der Waals surface area contributed by atoms with Crippen LogP contribution in [0.2, 0.25) is 0 Å². The zero-order valence-corrected chi connectivity index (χ0v) is 20.0. The van der Waals surface area contributed by atoms with Crippen LogP contribution in [0.25, 0.3) is 11.0 Å². The Morgan fingerprint density at radius 2 is 2.00 bits per heavy atom. The minimum atomic E-state index is -0.520. The van der Waals surface area contributed by atoms with Gasteiger partial charge in [-0.2, -0.15) is 0 Å². The van der Waals surface area contributed by atoms with Crippen LogP contribution in [0.4, 0.5) is 0 Å². The molecule has 1 N–H and O–H groups in total. The van der Waals surface area contributed by atoms with Crippen molar-refractivity contribution in [3.63, 3.8) is 0 Å². The molecule has 2 atom stereocenters. The Kier molecular flexibility index (Phi) is 7.27. The van der Waals surface area contributed by atoms with Crippen LogP contribution in [0, 0.1) is 5.92 Å². The van der Waals surface area contributed by atoms with Crippen molar-refractivity contribution in [3.8, 4) is 11.5 Å². The quantitative estimate of drug-likeness (QED) is 0.298. The predicted molar refractivity (Wildman–Crippen MR) is 128 cm³/mol. The largest absolute Gasteiger partial charge is 0.507 e. The van der Waals surface area contributed by atoms with Gasteiger partial charge in [0.1, 0.15) is 23.2 Å². The fraction of sp³-hybridized carbons (Fsp3) is 0.481. The summed E-state index contributed by atoms with van der Waals surface area (Å²) in [6, 6.07) is 1.48. The predicted octanol–water partition coefficient (Wildman–Crippen LogP) is 6.29. The second-order valence-corrected chi connectivity index (χ2v) is 9.21. The molecule has 1 aromatic carbocycles. The van der Waals surface area contributed by atoms with Crippen molar-refractivity contribution < 1.29 is 19.1 Å². The Morgan fingerprint density at radius 1 is 1.28 bits per heavy atom. The molecule has 1 aromatic heterocycles. The summed E-state index contributed by atoms with van der Waals surface area (Å²) in [7, 11) is 0. The number of rotatable bonds is 8. The van der Waals surface area contributed by atoms with Crippen molar-refractivity contribution in [1.82, 2.24) is 0 Å². The minimum Gasteiger partial charge on any atom is -0.507 e. The van der Waals surface area contributed by atoms with Gasteiger partial charge in [0, 0.05) is 24.0 Å². The Labute approximate surface area is 189 Å². The number of ether oxygens (including phenoxy) is 1. The second-order valence-electron chi connectivity index (χ2n) is 9.21. The monoisotopic (exact) mass is 438 g/mol. The lowest BCUT2D eigenvalue weighted by Gasteiger charge is -2.27. The number of carbonyl (C=O) groups is 1. The van der Waals surface area contributed by atoms with Crippen LogP contribution in [0.3, 0.4) is 0 Å². The van der Waals surface area contributed by atoms with E-state index in [2.05, 4.69) is 32.9 Å². The van der Waals surface area contributed by atoms with Crippen molar-refractivity contribution in [3.05, 3.63) is 56.5 Å². The summed E-state index contributed by atoms with van der Waals surface area (Å²) in [6.45, 7) is 11.9. The zero-order valence-electron chi connectivity index (χ0n) is 20.0. The molecule has 3 rings (SSSR count). The summed E-state index contributed by atoms with van der Waals surface area (Å²) < 4.78 is 11.6. The molecule has 0 spiro atoms. The molecule has 0 saturated carbocycles. The van der Waals surface area contributed by atoms with Crippen molar-refractivity contribution in [2.75, 3.05) is 0 Å². The van der Waals surface area contributed by atoms with E-state index in [-0.39, 0.29) is 34.7 Å². The molecule has 2 heterocycles. The lowest BCUT2D eigenvalue weighted by Crippen LogP contribution is -2.23. The van der Waals surface area contributed by atoms with E-state index in [1.54, 1.807) is 0 Å². The van der Waals surface area contributed by atoms with Gasteiger partial charge in [-0.25, -0.2) is 4.79 Å². The van der Waals surface area contributed by atoms with Gasteiger partial charge in [0.05, 0.1) is 5.39 Å². The molecule has 0 radical (unpaired) electrons. The van der Waals surface area contributed by atoms with E-state index >= 15 is 0 Å². The summed E-state index contributed by atoms with van der Waals surface area (Å²) in [5.74, 6) is -0.147. The van der Waals surface area contributed by atoms with Gasteiger partial charge in [-0.1, -0.05) is 37.1 Å². The summed E-state index contributed by atoms with van der Waals surface area (Å²) in [4.78, 5) is 25.5. The van der Waals surface area contributed by atoms with Crippen molar-refractivity contribution >= 4 is 16.8 Å². The molecular formula is C27H34O5. The highest BCUT2D eigenvalue weighted by molar-refractivity contribution is 6.12. The summed E-state index contributed by atoms with van der Waals surface area (Å²) in [5.41, 5.74) is 3.59. The van der Waals surface area contributed by atoms with Gasteiger partial charge in [0.25, 0.3) is 0 Å². The topological polar surface area (TPSA) is 76.7 Å². The van der Waals surface area contributed by atoms with Gasteiger partial charge >= 0.3 is 5.63 Å². The first-order valence-electron chi connectivity index (χ1n) is 11.5. The average Bonchev–Trinajstić information content (AvgIpc) is 2.71. The fourth-order valence-corrected chi connectivity index (χ4v) is 4.14. The van der Waals surface area contributed by atoms with Crippen molar-refractivity contribution in [2.45, 2.75) is 79.8 Å². The van der Waals surface area contributed by atoms with Crippen LogP contribution < -0.4 is 10.4 Å². The molecule has 0 aliphatic carbocycles. The highest BCUT2D eigenvalue weighted by Gasteiger charge is 2.32. The third-order valence-corrected chi connectivity index (χ3v) is 6.17. The van der Waals surface area contributed by atoms with E-state index in [4.69, 9.17) is 9.15 Å². The van der Waals surface area contributed by atoms with Crippen LogP contribution in [0.1, 0.15) is 82.3 Å². The number of phenols is 1. The smallest absolute Gasteiger partial charge is 0.336 e. The van der Waals surface area contributed by atoms with E-state index in [1.807, 2.05) is 20.8 Å². The van der Waals surface area contributed by atoms with E-state index in [0.29, 0.717) is 36.0 Å². The molecule has 32 heavy (non-hydrogen) atoms. The fourth-order valence-electron chi connectivity index (χ4n) is 4.14. The molecule has 1 aliphatic heterocycles. The van der Waals surface area contributed by atoms with Gasteiger partial charge in [0.2, 0.25) is 0 Å². The SMILES string of the molecule is CCC(C)C(=O)c1c(O)c(CC=C(C)CCC=C(C)C)c2c3c(cc(=O)oc13)CC(C)O2. The van der Waals surface area contributed by atoms with Gasteiger partial charge in [0.15, 0.2) is 11.4 Å². The van der Waals surface area contributed by atoms with E-state index in [0.717, 1.165) is 18.4 Å². The number of benzene rings is 1. The third kappa shape index (κ3) is 4.82. The standard InChI is InChI=1S/C27H34O5/c1-7-17(5)24(29)23-25(30)20(12-11-16(4)10-8-9-15(2)3)26-22-19(13-18(6)31-26)14-21(28)32-27(22)23/h9,11,14,17-18,30H,7-8,10,12-13H2,1-6H3. The maximum atomic E-state index is 13.2. The number of allylic oxidation sites excluding steroid dienone is 4. The molecule has 0 amide bonds. The molecule has 0 bridgehead atoms. The Hall–Kier alpha value is -2.82. The zero-order chi connectivity index (χ0) is 23.6. The highest BCUT2D eigenvalue weighted by atomic mass is 16.5. The first-order chi connectivity index (χ1) is 15.1. The van der Waals surface area contributed by atoms with Gasteiger partial charge in [-0.3, -0.25) is 4.79 Å². The number of Topliss-reactive ketones (excluding diaryl/α,β-unsaturated/α-hetero) is 1. The van der Waals surface area contributed by atoms with Crippen LogP contribution >= 0.6 is 0 Å². The Balaban J connectivity index is 2.19. The average molecular weight is 439 g/mol. The van der Waals surface area contributed by atoms with Crippen molar-refractivity contribution in [1.29, 1.82) is 0 Å². The lowest BCUT2D eigenvalue weighted by molar-refractivity contribution is 0.0925. The van der Waals surface area contributed by atoms with Gasteiger partial charge in [-0.05, 0) is 58.9 Å². The molecule has 2 unspecified atom stereocenters. The van der Waals surface area contributed by atoms with Crippen LogP contribution in [0.5, 0.6) is 11.5 Å². The lowest BCUT2D eigenvalue weighted by atomic mass is 9.88. The van der Waals surface area contributed by atoms with Crippen molar-refractivity contribution in [2.24, 2.45) is 5.92 Å². The Morgan fingerprint density at radius 3 is 2.66 bits per heavy atom. The number of hydrogen-bond acceptors (Lipinski definition) is 5. The number of aromatic hydroxyl groups is 1. The third-order valence-electron chi connectivity index (χ3n) is 6.17. The molecule has 2 aromatic rings. The summed E-state index contributed by atoms with van der Waals surface area (Å²) >= 11 is 0. The first kappa shape index (κ1) is 23.8. The first-order valence-corrected chi connectivity index (χ1v) is 11.5. The normalized spacial score (nSPS) is 16.6. The Bertz CT molecular complexity index is 1150. The number of ketones is 1. The number of phenolic OH excluding ortho intramolecular Hbond substituents is 1. The van der Waals surface area contributed by atoms with Crippen LogP contribution in [0.15, 0.2) is 38.6 Å². The summed E-state index contributed by atoms with van der Waals surface area (Å²) in [6.07, 6.45) is 7.62. The molecular weight excluding hydrogens is 404 g/mol. The maximum Gasteiger partial charge on any atom is 0.336 e. The molecule has 172 valence electrons. The molecule has 5 nitrogen and oxygen atoms in total. The molecule has 0 saturated heterocycles. The van der Waals surface area contributed by atoms with Crippen LogP contribution in [-0.4, -0.2) is 17.0 Å². The minimum absolute atomic E-state index is 0.0980. The number of hydrogen-bond donors (Lipinski definition) is 1. The highest BCUT2D eigenvalue weighted by Crippen LogP contribution is 2.45. The van der Waals surface area contributed by atoms with Crippen LogP contribution in [-0.2, 0) is 12.8 Å². The van der Waals surface area contributed by atoms with Gasteiger partial charge < -0.3 is 14.3 Å². The van der Waals surface area contributed by atoms with E-state index in [1.165, 1.54) is 17.2 Å². The summed E-state index contributed by atoms with van der Waals surface area (Å²) in [5, 5.41) is 11.9.